The number of nitrogens with zero attached hydrogens (tertiary/aromatic N) is 2. The van der Waals surface area contributed by atoms with Crippen molar-refractivity contribution in [2.45, 2.75) is 39.5 Å². The lowest BCUT2D eigenvalue weighted by atomic mass is 10.0. The van der Waals surface area contributed by atoms with Gasteiger partial charge in [0, 0.05) is 39.5 Å². The van der Waals surface area contributed by atoms with Gasteiger partial charge in [0.1, 0.15) is 17.1 Å². The van der Waals surface area contributed by atoms with Crippen molar-refractivity contribution in [2.24, 2.45) is 0 Å². The number of aromatic nitrogens is 2. The molecule has 8 heteroatoms. The second kappa shape index (κ2) is 7.40. The molecule has 0 saturated carbocycles. The summed E-state index contributed by atoms with van der Waals surface area (Å²) in [6.45, 7) is 5.48. The Bertz CT molecular complexity index is 1750. The number of carbonyl (C=O) groups excluding carboxylic acids is 1. The van der Waals surface area contributed by atoms with Crippen LogP contribution in [0.1, 0.15) is 42.3 Å². The minimum Gasteiger partial charge on any atom is -0.468 e. The Hall–Kier alpha value is -4.20. The van der Waals surface area contributed by atoms with E-state index in [-0.39, 0.29) is 35.0 Å². The van der Waals surface area contributed by atoms with Crippen LogP contribution in [0.15, 0.2) is 57.9 Å². The van der Waals surface area contributed by atoms with Crippen LogP contribution in [0.2, 0.25) is 0 Å². The third kappa shape index (κ3) is 3.28. The Labute approximate surface area is 199 Å². The third-order valence-corrected chi connectivity index (χ3v) is 6.46. The van der Waals surface area contributed by atoms with E-state index in [9.17, 15) is 9.59 Å². The number of hydrogen-bond acceptors (Lipinski definition) is 5. The molecule has 7 nitrogen and oxygen atoms in total. The lowest BCUT2D eigenvalue weighted by Crippen LogP contribution is -2.51. The minimum atomic E-state index is -0.935. The number of rotatable bonds is 3. The van der Waals surface area contributed by atoms with Crippen molar-refractivity contribution < 1.29 is 18.3 Å². The topological polar surface area (TPSA) is 86.4 Å². The maximum atomic E-state index is 15.3. The largest absolute Gasteiger partial charge is 0.468 e. The molecule has 1 aliphatic rings. The van der Waals surface area contributed by atoms with Crippen molar-refractivity contribution in [3.8, 4) is 5.75 Å². The fourth-order valence-electron chi connectivity index (χ4n) is 4.86. The zero-order valence-electron chi connectivity index (χ0n) is 19.4. The first-order valence-corrected chi connectivity index (χ1v) is 11.4. The lowest BCUT2D eigenvalue weighted by Gasteiger charge is -2.33. The van der Waals surface area contributed by atoms with Crippen LogP contribution in [-0.2, 0) is 13.0 Å². The van der Waals surface area contributed by atoms with E-state index in [1.54, 1.807) is 30.7 Å². The average Bonchev–Trinajstić information content (AvgIpc) is 3.13. The first kappa shape index (κ1) is 21.3. The standard InChI is InChI=1S/C27H22FN3O4/c1-4-14-7-8-20-17(10-14)22-16-6-5-9-29-25(16)34-26(33)23(22)31(20)13-15-11-18-21(12-19(15)28)35-27(2,3)30-24(18)32/h5-12H,4,13H2,1-3H3,(H,30,32). The van der Waals surface area contributed by atoms with Gasteiger partial charge in [0.05, 0.1) is 12.1 Å². The first-order valence-electron chi connectivity index (χ1n) is 11.4. The zero-order chi connectivity index (χ0) is 24.5. The van der Waals surface area contributed by atoms with Gasteiger partial charge < -0.3 is 19.0 Å². The molecule has 0 bridgehead atoms. The highest BCUT2D eigenvalue weighted by molar-refractivity contribution is 6.18. The van der Waals surface area contributed by atoms with Crippen LogP contribution in [0.25, 0.3) is 32.9 Å². The summed E-state index contributed by atoms with van der Waals surface area (Å²) in [4.78, 5) is 30.1. The zero-order valence-corrected chi connectivity index (χ0v) is 19.4. The van der Waals surface area contributed by atoms with Crippen LogP contribution in [0.5, 0.6) is 5.75 Å². The number of carbonyl (C=O) groups is 1. The molecule has 176 valence electrons. The number of ether oxygens (including phenoxy) is 1. The normalized spacial score (nSPS) is 14.8. The second-order valence-corrected chi connectivity index (χ2v) is 9.27. The molecule has 0 saturated heterocycles. The van der Waals surface area contributed by atoms with Gasteiger partial charge in [-0.1, -0.05) is 13.0 Å². The molecule has 3 aromatic heterocycles. The molecule has 2 aromatic carbocycles. The van der Waals surface area contributed by atoms with E-state index >= 15 is 4.39 Å². The highest BCUT2D eigenvalue weighted by Crippen LogP contribution is 2.35. The van der Waals surface area contributed by atoms with Gasteiger partial charge in [-0.3, -0.25) is 4.79 Å². The monoisotopic (exact) mass is 471 g/mol. The van der Waals surface area contributed by atoms with Crippen LogP contribution in [0.3, 0.4) is 0 Å². The quantitative estimate of drug-likeness (QED) is 0.404. The van der Waals surface area contributed by atoms with Gasteiger partial charge in [-0.15, -0.1) is 0 Å². The van der Waals surface area contributed by atoms with Gasteiger partial charge >= 0.3 is 5.63 Å². The number of nitrogens with one attached hydrogen (secondary N) is 1. The third-order valence-electron chi connectivity index (χ3n) is 6.46. The smallest absolute Gasteiger partial charge is 0.362 e. The van der Waals surface area contributed by atoms with Crippen molar-refractivity contribution in [1.82, 2.24) is 14.9 Å². The number of pyridine rings is 1. The summed E-state index contributed by atoms with van der Waals surface area (Å²) in [7, 11) is 0. The van der Waals surface area contributed by atoms with Crippen LogP contribution in [0.4, 0.5) is 4.39 Å². The average molecular weight is 471 g/mol. The number of benzene rings is 2. The van der Waals surface area contributed by atoms with E-state index < -0.39 is 17.2 Å². The Morgan fingerprint density at radius 2 is 1.94 bits per heavy atom. The predicted octanol–water partition coefficient (Wildman–Crippen LogP) is 4.90. The van der Waals surface area contributed by atoms with Crippen LogP contribution in [-0.4, -0.2) is 21.2 Å². The van der Waals surface area contributed by atoms with Gasteiger partial charge in [-0.25, -0.2) is 14.2 Å². The molecule has 1 aliphatic heterocycles. The summed E-state index contributed by atoms with van der Waals surface area (Å²) < 4.78 is 28.3. The fourth-order valence-corrected chi connectivity index (χ4v) is 4.86. The lowest BCUT2D eigenvalue weighted by molar-refractivity contribution is 0.0430. The van der Waals surface area contributed by atoms with E-state index in [2.05, 4.69) is 17.2 Å². The molecular formula is C27H22FN3O4. The molecule has 0 aliphatic carbocycles. The van der Waals surface area contributed by atoms with Gasteiger partial charge in [0.15, 0.2) is 5.72 Å². The van der Waals surface area contributed by atoms with Crippen molar-refractivity contribution in [3.05, 3.63) is 81.6 Å². The summed E-state index contributed by atoms with van der Waals surface area (Å²) in [5.41, 5.74) is 1.47. The molecule has 0 radical (unpaired) electrons. The molecule has 0 fully saturated rings. The molecular weight excluding hydrogens is 449 g/mol. The summed E-state index contributed by atoms with van der Waals surface area (Å²) in [5, 5.41) is 5.05. The summed E-state index contributed by atoms with van der Waals surface area (Å²) in [5.74, 6) is -0.684. The number of halogens is 1. The van der Waals surface area contributed by atoms with Crippen LogP contribution in [0, 0.1) is 5.82 Å². The van der Waals surface area contributed by atoms with E-state index in [4.69, 9.17) is 9.15 Å². The molecule has 1 N–H and O–H groups in total. The molecule has 0 spiro atoms. The summed E-state index contributed by atoms with van der Waals surface area (Å²) in [6.07, 6.45) is 2.40. The second-order valence-electron chi connectivity index (χ2n) is 9.27. The Morgan fingerprint density at radius 3 is 2.74 bits per heavy atom. The molecule has 1 amide bonds. The van der Waals surface area contributed by atoms with Gasteiger partial charge in [0.25, 0.3) is 5.91 Å². The minimum absolute atomic E-state index is 0.0256. The molecule has 0 atom stereocenters. The highest BCUT2D eigenvalue weighted by Gasteiger charge is 2.32. The fraction of sp³-hybridized carbons (Fsp3) is 0.222. The number of aryl methyl sites for hydroxylation is 1. The van der Waals surface area contributed by atoms with Crippen molar-refractivity contribution in [3.63, 3.8) is 0 Å². The van der Waals surface area contributed by atoms with Gasteiger partial charge in [-0.2, -0.15) is 0 Å². The summed E-state index contributed by atoms with van der Waals surface area (Å²) in [6, 6.07) is 12.3. The van der Waals surface area contributed by atoms with E-state index in [1.807, 2.05) is 24.3 Å². The number of fused-ring (bicyclic) bond motifs is 6. The SMILES string of the molecule is CCc1ccc2c(c1)c1c3cccnc3oc(=O)c1n2Cc1cc2c(cc1F)OC(C)(C)NC2=O. The Kier molecular flexibility index (Phi) is 4.51. The molecule has 35 heavy (non-hydrogen) atoms. The van der Waals surface area contributed by atoms with Crippen LogP contribution >= 0.6 is 0 Å². The summed E-state index contributed by atoms with van der Waals surface area (Å²) >= 11 is 0. The number of amides is 1. The van der Waals surface area contributed by atoms with Crippen molar-refractivity contribution in [2.75, 3.05) is 0 Å². The van der Waals surface area contributed by atoms with E-state index in [0.29, 0.717) is 10.9 Å². The molecule has 5 aromatic rings. The maximum absolute atomic E-state index is 15.3. The predicted molar refractivity (Wildman–Crippen MR) is 130 cm³/mol. The van der Waals surface area contributed by atoms with Crippen molar-refractivity contribution >= 4 is 38.8 Å². The van der Waals surface area contributed by atoms with Crippen molar-refractivity contribution in [1.29, 1.82) is 0 Å². The van der Waals surface area contributed by atoms with Crippen LogP contribution < -0.4 is 15.7 Å². The van der Waals surface area contributed by atoms with E-state index in [1.165, 1.54) is 12.1 Å². The molecule has 6 rings (SSSR count). The maximum Gasteiger partial charge on any atom is 0.362 e. The van der Waals surface area contributed by atoms with Gasteiger partial charge in [-0.05, 0) is 56.2 Å². The Morgan fingerprint density at radius 1 is 1.11 bits per heavy atom. The molecule has 4 heterocycles. The highest BCUT2D eigenvalue weighted by atomic mass is 19.1. The molecule has 0 unspecified atom stereocenters. The van der Waals surface area contributed by atoms with E-state index in [0.717, 1.165) is 28.3 Å². The van der Waals surface area contributed by atoms with Gasteiger partial charge in [0.2, 0.25) is 5.71 Å². The Balaban J connectivity index is 1.62. The number of hydrogen-bond donors (Lipinski definition) is 1. The first-order chi connectivity index (χ1) is 16.8.